The summed E-state index contributed by atoms with van der Waals surface area (Å²) in [4.78, 5) is 37.8. The van der Waals surface area contributed by atoms with Crippen LogP contribution >= 0.6 is 0 Å². The Balaban J connectivity index is 4.04. The van der Waals surface area contributed by atoms with E-state index >= 15 is 0 Å². The van der Waals surface area contributed by atoms with Crippen LogP contribution in [0, 0.1) is 0 Å². The summed E-state index contributed by atoms with van der Waals surface area (Å²) >= 11 is 0. The SMILES string of the molecule is CC/C=C\C/C=C\C/C=C\C/C=C\C/C=C\C/C=C\C/C=C\CCCCCCCCCCCCCCCCCC(=O)OC(COC(=O)CCCCCCCCCCCCCCCCCCCC/C=C\C/C=C\C/C=C\C/C=C\C/C=C\C/C=C\CC)COC(OCC[N+](C)(C)C)C(=O)O. The van der Waals surface area contributed by atoms with Crippen molar-refractivity contribution in [2.45, 2.75) is 347 Å². The van der Waals surface area contributed by atoms with Crippen molar-refractivity contribution in [3.05, 3.63) is 158 Å². The number of hydrogen-bond acceptors (Lipinski definition) is 7. The molecule has 564 valence electrons. The van der Waals surface area contributed by atoms with Crippen LogP contribution in [0.15, 0.2) is 158 Å². The molecule has 0 fully saturated rings. The molecule has 2 unspecified atom stereocenters. The van der Waals surface area contributed by atoms with E-state index in [1.165, 1.54) is 186 Å². The summed E-state index contributed by atoms with van der Waals surface area (Å²) in [5, 5.41) is 9.78. The number of ether oxygens (including phenoxy) is 4. The van der Waals surface area contributed by atoms with Gasteiger partial charge in [0.2, 0.25) is 0 Å². The van der Waals surface area contributed by atoms with Crippen molar-refractivity contribution in [1.82, 2.24) is 0 Å². The Hall–Kier alpha value is -5.09. The number of aliphatic carboxylic acids is 1. The van der Waals surface area contributed by atoms with Crippen LogP contribution in [0.25, 0.3) is 0 Å². The number of quaternary nitrogens is 1. The highest BCUT2D eigenvalue weighted by Gasteiger charge is 2.25. The lowest BCUT2D eigenvalue weighted by molar-refractivity contribution is -0.870. The fourth-order valence-electron chi connectivity index (χ4n) is 11.2. The number of carboxylic acid groups (broad SMARTS) is 1. The Morgan fingerprint density at radius 1 is 0.303 bits per heavy atom. The zero-order valence-corrected chi connectivity index (χ0v) is 64.6. The van der Waals surface area contributed by atoms with Crippen LogP contribution in [0.4, 0.5) is 0 Å². The van der Waals surface area contributed by atoms with E-state index in [4.69, 9.17) is 18.9 Å². The van der Waals surface area contributed by atoms with Crippen molar-refractivity contribution in [2.75, 3.05) is 47.5 Å². The molecule has 0 aromatic carbocycles. The fourth-order valence-corrected chi connectivity index (χ4v) is 11.2. The first kappa shape index (κ1) is 93.9. The molecule has 2 atom stereocenters. The molecule has 0 bridgehead atoms. The molecule has 0 aliphatic rings. The van der Waals surface area contributed by atoms with Crippen molar-refractivity contribution < 1.29 is 42.9 Å². The minimum Gasteiger partial charge on any atom is -0.477 e. The van der Waals surface area contributed by atoms with Crippen LogP contribution in [-0.2, 0) is 33.3 Å². The molecule has 0 radical (unpaired) electrons. The zero-order valence-electron chi connectivity index (χ0n) is 64.6. The molecule has 0 amide bonds. The summed E-state index contributed by atoms with van der Waals surface area (Å²) in [6.45, 7) is 4.67. The number of rotatable bonds is 74. The largest absolute Gasteiger partial charge is 0.477 e. The van der Waals surface area contributed by atoms with Crippen molar-refractivity contribution in [3.63, 3.8) is 0 Å². The molecule has 0 spiro atoms. The number of allylic oxidation sites excluding steroid dienone is 26. The zero-order chi connectivity index (χ0) is 71.8. The molecule has 0 aromatic rings. The quantitative estimate of drug-likeness (QED) is 0.0211. The molecular weight excluding hydrogens is 1220 g/mol. The number of hydrogen-bond donors (Lipinski definition) is 1. The van der Waals surface area contributed by atoms with Gasteiger partial charge in [-0.2, -0.15) is 0 Å². The number of nitrogens with zero attached hydrogens (tertiary/aromatic N) is 1. The second-order valence-electron chi connectivity index (χ2n) is 28.0. The average Bonchev–Trinajstić information content (AvgIpc) is 2.19. The molecule has 0 aliphatic carbocycles. The Morgan fingerprint density at radius 2 is 0.545 bits per heavy atom. The lowest BCUT2D eigenvalue weighted by Gasteiger charge is -2.25. The summed E-state index contributed by atoms with van der Waals surface area (Å²) in [7, 11) is 5.98. The van der Waals surface area contributed by atoms with Gasteiger partial charge in [0, 0.05) is 12.8 Å². The lowest BCUT2D eigenvalue weighted by atomic mass is 10.0. The Kier molecular flexibility index (Phi) is 74.6. The maximum Gasteiger partial charge on any atom is 0.361 e. The van der Waals surface area contributed by atoms with Gasteiger partial charge in [0.05, 0.1) is 34.4 Å². The predicted molar refractivity (Wildman–Crippen MR) is 428 cm³/mol. The highest BCUT2D eigenvalue weighted by Crippen LogP contribution is 2.18. The Bertz CT molecular complexity index is 2200. The van der Waals surface area contributed by atoms with Gasteiger partial charge in [-0.3, -0.25) is 9.59 Å². The number of unbranched alkanes of at least 4 members (excludes halogenated alkanes) is 33. The lowest BCUT2D eigenvalue weighted by Crippen LogP contribution is -2.40. The number of carbonyl (C=O) groups is 3. The third kappa shape index (κ3) is 80.1. The van der Waals surface area contributed by atoms with E-state index in [9.17, 15) is 19.5 Å². The third-order valence-corrected chi connectivity index (χ3v) is 17.3. The Morgan fingerprint density at radius 3 is 0.808 bits per heavy atom. The molecule has 0 saturated heterocycles. The topological polar surface area (TPSA) is 108 Å². The van der Waals surface area contributed by atoms with Gasteiger partial charge < -0.3 is 28.5 Å². The van der Waals surface area contributed by atoms with Crippen LogP contribution in [0.3, 0.4) is 0 Å². The Labute approximate surface area is 610 Å². The molecule has 1 N–H and O–H groups in total. The summed E-state index contributed by atoms with van der Waals surface area (Å²) in [5.41, 5.74) is 0. The maximum atomic E-state index is 13.0. The first-order valence-electron chi connectivity index (χ1n) is 40.6. The number of likely N-dealkylation sites (N-methyl/N-ethyl adjacent to an activating group) is 1. The number of esters is 2. The summed E-state index contributed by atoms with van der Waals surface area (Å²) in [6.07, 6.45) is 114. The molecule has 0 aromatic heterocycles. The maximum absolute atomic E-state index is 13.0. The van der Waals surface area contributed by atoms with Crippen LogP contribution in [-0.4, -0.2) is 87.4 Å². The fraction of sp³-hybridized carbons (Fsp3) is 0.678. The molecular formula is C90H152NO8+. The summed E-state index contributed by atoms with van der Waals surface area (Å²) in [5.74, 6) is -2.00. The summed E-state index contributed by atoms with van der Waals surface area (Å²) in [6, 6.07) is 0. The monoisotopic (exact) mass is 1380 g/mol. The molecule has 9 heteroatoms. The van der Waals surface area contributed by atoms with Crippen LogP contribution in [0.5, 0.6) is 0 Å². The number of carboxylic acids is 1. The van der Waals surface area contributed by atoms with Crippen molar-refractivity contribution in [1.29, 1.82) is 0 Å². The van der Waals surface area contributed by atoms with E-state index in [1.54, 1.807) is 0 Å². The van der Waals surface area contributed by atoms with Gasteiger partial charge in [-0.15, -0.1) is 0 Å². The minimum atomic E-state index is -1.52. The molecule has 0 aliphatic heterocycles. The van der Waals surface area contributed by atoms with E-state index in [0.717, 1.165) is 122 Å². The van der Waals surface area contributed by atoms with Gasteiger partial charge in [0.1, 0.15) is 13.2 Å². The first-order valence-corrected chi connectivity index (χ1v) is 40.6. The standard InChI is InChI=1S/C90H151NO8/c1-6-8-10-12-14-16-18-20-22-24-26-28-30-32-34-36-38-40-42-44-46-48-50-52-54-56-58-60-62-64-66-68-70-72-74-76-78-80-87(92)97-84-86(85-98-90(89(94)95)96-83-82-91(3,4)5)99-88(93)81-79-77-75-73-71-69-67-65-63-61-59-57-55-53-51-49-47-45-43-41-39-37-35-33-31-29-27-25-23-21-19-17-15-13-11-9-7-2/h8-11,14-17,20-23,26-29,32-35,38-41,45,47,86,90H,6-7,12-13,18-19,24-25,30-31,36-37,42-44,46,48-85H2,1-5H3/p+1/b10-8-,11-9-,16-14-,17-15-,22-20-,23-21-,28-26-,29-27-,34-32-,35-33-,40-38-,41-39-,47-45-. The van der Waals surface area contributed by atoms with Crippen LogP contribution in [0.1, 0.15) is 335 Å². The first-order chi connectivity index (χ1) is 48.6. The van der Waals surface area contributed by atoms with Crippen LogP contribution in [0.2, 0.25) is 0 Å². The highest BCUT2D eigenvalue weighted by molar-refractivity contribution is 5.71. The molecule has 9 nitrogen and oxygen atoms in total. The van der Waals surface area contributed by atoms with Crippen molar-refractivity contribution in [2.24, 2.45) is 0 Å². The molecule has 0 rings (SSSR count). The van der Waals surface area contributed by atoms with Gasteiger partial charge in [0.15, 0.2) is 6.10 Å². The highest BCUT2D eigenvalue weighted by atomic mass is 16.7. The van der Waals surface area contributed by atoms with Gasteiger partial charge in [-0.05, 0) is 122 Å². The van der Waals surface area contributed by atoms with Crippen LogP contribution < -0.4 is 0 Å². The second-order valence-corrected chi connectivity index (χ2v) is 28.0. The predicted octanol–water partition coefficient (Wildman–Crippen LogP) is 26.4. The van der Waals surface area contributed by atoms with E-state index in [2.05, 4.69) is 172 Å². The van der Waals surface area contributed by atoms with E-state index in [1.807, 2.05) is 21.1 Å². The molecule has 99 heavy (non-hydrogen) atoms. The molecule has 0 heterocycles. The normalized spacial score (nSPS) is 13.5. The number of carbonyl (C=O) groups excluding carboxylic acids is 2. The average molecular weight is 1380 g/mol. The van der Waals surface area contributed by atoms with E-state index in [-0.39, 0.29) is 32.2 Å². The van der Waals surface area contributed by atoms with Gasteiger partial charge in [-0.1, -0.05) is 358 Å². The third-order valence-electron chi connectivity index (χ3n) is 17.3. The van der Waals surface area contributed by atoms with Crippen molar-refractivity contribution in [3.8, 4) is 0 Å². The van der Waals surface area contributed by atoms with Gasteiger partial charge in [0.25, 0.3) is 6.29 Å². The van der Waals surface area contributed by atoms with E-state index in [0.29, 0.717) is 17.4 Å². The minimum absolute atomic E-state index is 0.183. The van der Waals surface area contributed by atoms with Gasteiger partial charge >= 0.3 is 17.9 Å². The smallest absolute Gasteiger partial charge is 0.361 e. The summed E-state index contributed by atoms with van der Waals surface area (Å²) < 4.78 is 23.1. The molecule has 0 saturated carbocycles. The van der Waals surface area contributed by atoms with Crippen molar-refractivity contribution >= 4 is 17.9 Å². The van der Waals surface area contributed by atoms with E-state index < -0.39 is 24.3 Å². The van der Waals surface area contributed by atoms with Gasteiger partial charge in [-0.25, -0.2) is 4.79 Å². The second kappa shape index (κ2) is 78.6.